The van der Waals surface area contributed by atoms with Crippen LogP contribution in [0.1, 0.15) is 51.4 Å². The number of benzene rings is 1. The third kappa shape index (κ3) is 6.34. The topological polar surface area (TPSA) is 56.4 Å². The molecule has 1 saturated carbocycles. The third-order valence-electron chi connectivity index (χ3n) is 5.58. The van der Waals surface area contributed by atoms with Crippen LogP contribution in [0.15, 0.2) is 18.2 Å². The van der Waals surface area contributed by atoms with E-state index in [1.54, 1.807) is 18.2 Å². The first-order valence-corrected chi connectivity index (χ1v) is 11.5. The number of anilines is 1. The average Bonchev–Trinajstić information content (AvgIpc) is 2.82. The van der Waals surface area contributed by atoms with Crippen molar-refractivity contribution in [3.63, 3.8) is 0 Å². The molecule has 1 aromatic rings. The Morgan fingerprint density at radius 3 is 2.38 bits per heavy atom. The molecule has 1 aliphatic carbocycles. The lowest BCUT2D eigenvalue weighted by Gasteiger charge is -2.46. The molecule has 3 rings (SSSR count). The first-order valence-electron chi connectivity index (χ1n) is 10.3. The summed E-state index contributed by atoms with van der Waals surface area (Å²) in [5.74, 6) is 0. The number of hydrogen-bond donors (Lipinski definition) is 3. The fourth-order valence-corrected chi connectivity index (χ4v) is 4.73. The van der Waals surface area contributed by atoms with Gasteiger partial charge in [0.05, 0.1) is 10.0 Å². The Bertz CT molecular complexity index is 686. The fraction of sp³-hybridized carbons (Fsp3) is 0.650. The van der Waals surface area contributed by atoms with Crippen LogP contribution in [0, 0.1) is 0 Å². The smallest absolute Gasteiger partial charge is 0.309 e. The van der Waals surface area contributed by atoms with Crippen LogP contribution in [0.25, 0.3) is 0 Å². The van der Waals surface area contributed by atoms with Gasteiger partial charge >= 0.3 is 6.03 Å². The largest absolute Gasteiger partial charge is 0.321 e. The average molecular weight is 466 g/mol. The van der Waals surface area contributed by atoms with Crippen molar-refractivity contribution in [2.24, 2.45) is 0 Å². The maximum Gasteiger partial charge on any atom is 0.321 e. The summed E-state index contributed by atoms with van der Waals surface area (Å²) in [6, 6.07) is 4.56. The third-order valence-corrected chi connectivity index (χ3v) is 6.82. The van der Waals surface area contributed by atoms with E-state index in [0.29, 0.717) is 15.7 Å². The molecule has 2 amide bonds. The normalized spacial score (nSPS) is 27.5. The van der Waals surface area contributed by atoms with Crippen molar-refractivity contribution in [2.75, 3.05) is 11.9 Å². The van der Waals surface area contributed by atoms with Gasteiger partial charge in [-0.2, -0.15) is 0 Å². The molecule has 3 N–H and O–H groups in total. The standard InChI is InChI=1S/C20H28Cl3FN4O/c21-15-10-9-13(11-16(15)22)26-20(29)27-19-25-12-17(24)18(23)28(19)14-7-5-3-1-2-4-6-8-14/h9-11,14,17-19,25H,1-8,12H2,(H2,26,27,29). The lowest BCUT2D eigenvalue weighted by atomic mass is 10.0. The summed E-state index contributed by atoms with van der Waals surface area (Å²) >= 11 is 18.4. The van der Waals surface area contributed by atoms with Crippen molar-refractivity contribution in [1.29, 1.82) is 0 Å². The summed E-state index contributed by atoms with van der Waals surface area (Å²) in [6.45, 7) is 0.0924. The predicted octanol–water partition coefficient (Wildman–Crippen LogP) is 5.71. The van der Waals surface area contributed by atoms with E-state index in [4.69, 9.17) is 34.8 Å². The number of hydrogen-bond acceptors (Lipinski definition) is 3. The van der Waals surface area contributed by atoms with Crippen LogP contribution < -0.4 is 16.0 Å². The summed E-state index contributed by atoms with van der Waals surface area (Å²) in [7, 11) is 0. The van der Waals surface area contributed by atoms with E-state index < -0.39 is 24.0 Å². The van der Waals surface area contributed by atoms with Crippen LogP contribution >= 0.6 is 34.8 Å². The zero-order chi connectivity index (χ0) is 20.8. The van der Waals surface area contributed by atoms with Crippen molar-refractivity contribution in [3.8, 4) is 0 Å². The lowest BCUT2D eigenvalue weighted by molar-refractivity contribution is 0.000282. The van der Waals surface area contributed by atoms with E-state index >= 15 is 0 Å². The Labute approximate surface area is 186 Å². The maximum atomic E-state index is 14.4. The molecule has 0 aromatic heterocycles. The van der Waals surface area contributed by atoms with Gasteiger partial charge in [-0.3, -0.25) is 5.32 Å². The van der Waals surface area contributed by atoms with E-state index in [1.807, 2.05) is 4.90 Å². The number of nitrogens with one attached hydrogen (secondary N) is 3. The van der Waals surface area contributed by atoms with Gasteiger partial charge in [0.1, 0.15) is 18.0 Å². The number of urea groups is 1. The van der Waals surface area contributed by atoms with Gasteiger partial charge in [0, 0.05) is 18.3 Å². The zero-order valence-corrected chi connectivity index (χ0v) is 18.5. The van der Waals surface area contributed by atoms with E-state index in [-0.39, 0.29) is 12.6 Å². The summed E-state index contributed by atoms with van der Waals surface area (Å²) in [4.78, 5) is 14.5. The highest BCUT2D eigenvalue weighted by Crippen LogP contribution is 2.29. The molecule has 0 bridgehead atoms. The van der Waals surface area contributed by atoms with Crippen LogP contribution in [0.2, 0.25) is 10.0 Å². The monoisotopic (exact) mass is 464 g/mol. The van der Waals surface area contributed by atoms with Crippen LogP contribution in [-0.4, -0.2) is 41.5 Å². The number of amides is 2. The minimum absolute atomic E-state index is 0.0924. The Hall–Kier alpha value is -0.790. The van der Waals surface area contributed by atoms with Crippen molar-refractivity contribution in [1.82, 2.24) is 15.5 Å². The second kappa shape index (κ2) is 11.0. The van der Waals surface area contributed by atoms with Crippen molar-refractivity contribution in [3.05, 3.63) is 28.2 Å². The Balaban J connectivity index is 1.68. The molecule has 1 aliphatic heterocycles. The van der Waals surface area contributed by atoms with Gasteiger partial charge in [-0.1, -0.05) is 61.7 Å². The molecule has 29 heavy (non-hydrogen) atoms. The van der Waals surface area contributed by atoms with E-state index in [9.17, 15) is 9.18 Å². The van der Waals surface area contributed by atoms with Crippen LogP contribution in [0.4, 0.5) is 14.9 Å². The molecule has 3 unspecified atom stereocenters. The number of carbonyl (C=O) groups excluding carboxylic acids is 1. The van der Waals surface area contributed by atoms with Gasteiger partial charge < -0.3 is 10.6 Å². The first-order chi connectivity index (χ1) is 14.0. The molecule has 0 radical (unpaired) electrons. The zero-order valence-electron chi connectivity index (χ0n) is 16.3. The molecule has 1 aromatic carbocycles. The molecular weight excluding hydrogens is 438 g/mol. The van der Waals surface area contributed by atoms with Gasteiger partial charge in [0.25, 0.3) is 0 Å². The number of alkyl halides is 2. The van der Waals surface area contributed by atoms with Gasteiger partial charge in [-0.05, 0) is 31.0 Å². The van der Waals surface area contributed by atoms with Gasteiger partial charge in [0.15, 0.2) is 0 Å². The second-order valence-electron chi connectivity index (χ2n) is 7.73. The van der Waals surface area contributed by atoms with Gasteiger partial charge in [0.2, 0.25) is 0 Å². The predicted molar refractivity (Wildman–Crippen MR) is 118 cm³/mol. The van der Waals surface area contributed by atoms with Crippen LogP contribution in [0.5, 0.6) is 0 Å². The molecule has 1 heterocycles. The highest BCUT2D eigenvalue weighted by molar-refractivity contribution is 6.42. The molecule has 0 spiro atoms. The van der Waals surface area contributed by atoms with Crippen molar-refractivity contribution < 1.29 is 9.18 Å². The van der Waals surface area contributed by atoms with Gasteiger partial charge in [-0.25, -0.2) is 14.1 Å². The number of rotatable bonds is 3. The fourth-order valence-electron chi connectivity index (χ4n) is 4.07. The summed E-state index contributed by atoms with van der Waals surface area (Å²) in [5.41, 5.74) is -0.259. The molecule has 2 aliphatic rings. The van der Waals surface area contributed by atoms with Crippen LogP contribution in [-0.2, 0) is 0 Å². The Morgan fingerprint density at radius 1 is 1.07 bits per heavy atom. The molecule has 9 heteroatoms. The SMILES string of the molecule is O=C(Nc1ccc(Cl)c(Cl)c1)NC1NCC(F)C(Cl)N1C1CCCCCCCC1. The van der Waals surface area contributed by atoms with E-state index in [0.717, 1.165) is 25.7 Å². The number of halogens is 4. The Kier molecular flexibility index (Phi) is 8.69. The molecule has 5 nitrogen and oxygen atoms in total. The van der Waals surface area contributed by atoms with Crippen molar-refractivity contribution >= 4 is 46.5 Å². The van der Waals surface area contributed by atoms with E-state index in [2.05, 4.69) is 16.0 Å². The Morgan fingerprint density at radius 2 is 1.72 bits per heavy atom. The minimum atomic E-state index is -1.19. The highest BCUT2D eigenvalue weighted by atomic mass is 35.5. The summed E-state index contributed by atoms with van der Waals surface area (Å²) in [6.07, 6.45) is 7.18. The second-order valence-corrected chi connectivity index (χ2v) is 8.99. The van der Waals surface area contributed by atoms with Crippen molar-refractivity contribution in [2.45, 2.75) is 75.4 Å². The highest BCUT2D eigenvalue weighted by Gasteiger charge is 2.40. The number of carbonyl (C=O) groups is 1. The van der Waals surface area contributed by atoms with Gasteiger partial charge in [-0.15, -0.1) is 11.6 Å². The van der Waals surface area contributed by atoms with Crippen LogP contribution in [0.3, 0.4) is 0 Å². The molecule has 2 fully saturated rings. The minimum Gasteiger partial charge on any atom is -0.309 e. The maximum absolute atomic E-state index is 14.4. The quantitative estimate of drug-likeness (QED) is 0.396. The summed E-state index contributed by atoms with van der Waals surface area (Å²) < 4.78 is 14.4. The number of nitrogens with zero attached hydrogens (tertiary/aromatic N) is 1. The summed E-state index contributed by atoms with van der Waals surface area (Å²) in [5, 5.41) is 9.48. The molecule has 1 saturated heterocycles. The first kappa shape index (κ1) is 22.9. The molecule has 3 atom stereocenters. The molecule has 162 valence electrons. The lowest BCUT2D eigenvalue weighted by Crippen LogP contribution is -2.68. The van der Waals surface area contributed by atoms with E-state index in [1.165, 1.54) is 25.7 Å². The molecular formula is C20H28Cl3FN4O.